The van der Waals surface area contributed by atoms with Gasteiger partial charge in [0.2, 0.25) is 5.13 Å². The van der Waals surface area contributed by atoms with Crippen molar-refractivity contribution in [3.05, 3.63) is 68.2 Å². The van der Waals surface area contributed by atoms with Crippen molar-refractivity contribution in [1.29, 1.82) is 0 Å². The number of hydrogen-bond donors (Lipinski definition) is 1. The highest BCUT2D eigenvalue weighted by Crippen LogP contribution is 2.20. The van der Waals surface area contributed by atoms with Gasteiger partial charge in [0.25, 0.3) is 5.91 Å². The molecule has 0 bridgehead atoms. The van der Waals surface area contributed by atoms with Crippen LogP contribution in [-0.2, 0) is 12.8 Å². The molecule has 3 aromatic rings. The predicted molar refractivity (Wildman–Crippen MR) is 107 cm³/mol. The molecule has 1 heterocycles. The summed E-state index contributed by atoms with van der Waals surface area (Å²) in [5, 5.41) is 12.5. The highest BCUT2D eigenvalue weighted by Gasteiger charge is 2.12. The van der Waals surface area contributed by atoms with Crippen LogP contribution in [0.15, 0.2) is 48.5 Å². The monoisotopic (exact) mass is 465 g/mol. The first-order chi connectivity index (χ1) is 12.2. The Labute approximate surface area is 163 Å². The molecule has 0 spiro atoms. The van der Waals surface area contributed by atoms with E-state index in [0.717, 1.165) is 27.2 Å². The number of carbonyl (C=O) groups is 1. The Kier molecular flexibility index (Phi) is 5.98. The topological polar surface area (TPSA) is 64.1 Å². The van der Waals surface area contributed by atoms with Gasteiger partial charge in [0.1, 0.15) is 10.8 Å². The minimum atomic E-state index is -0.164. The molecule has 0 saturated carbocycles. The number of halogens is 1. The number of aryl methyl sites for hydroxylation is 2. The molecule has 1 aromatic heterocycles. The van der Waals surface area contributed by atoms with Crippen molar-refractivity contribution in [2.75, 3.05) is 12.4 Å². The number of methoxy groups -OCH3 is 1. The third-order valence-corrected chi connectivity index (χ3v) is 5.43. The third kappa shape index (κ3) is 4.76. The maximum atomic E-state index is 12.3. The van der Waals surface area contributed by atoms with Crippen LogP contribution >= 0.6 is 33.9 Å². The van der Waals surface area contributed by atoms with Gasteiger partial charge in [-0.15, -0.1) is 10.2 Å². The number of rotatable bonds is 6. The van der Waals surface area contributed by atoms with Crippen LogP contribution in [0.4, 0.5) is 5.13 Å². The summed E-state index contributed by atoms with van der Waals surface area (Å²) in [5.74, 6) is 0.683. The molecule has 5 nitrogen and oxygen atoms in total. The highest BCUT2D eigenvalue weighted by atomic mass is 127. The summed E-state index contributed by atoms with van der Waals surface area (Å²) in [7, 11) is 1.66. The van der Waals surface area contributed by atoms with Crippen LogP contribution in [0, 0.1) is 3.57 Å². The fourth-order valence-corrected chi connectivity index (χ4v) is 3.63. The molecule has 0 atom stereocenters. The first kappa shape index (κ1) is 17.8. The number of anilines is 1. The first-order valence-corrected chi connectivity index (χ1v) is 9.56. The molecule has 0 aliphatic heterocycles. The zero-order valence-corrected chi connectivity index (χ0v) is 16.5. The molecule has 128 valence electrons. The molecule has 0 fully saturated rings. The highest BCUT2D eigenvalue weighted by molar-refractivity contribution is 14.1. The summed E-state index contributed by atoms with van der Waals surface area (Å²) in [4.78, 5) is 12.3. The molecule has 25 heavy (non-hydrogen) atoms. The summed E-state index contributed by atoms with van der Waals surface area (Å²) in [6.45, 7) is 0. The van der Waals surface area contributed by atoms with Crippen LogP contribution in [0.5, 0.6) is 5.75 Å². The van der Waals surface area contributed by atoms with Gasteiger partial charge in [-0.2, -0.15) is 0 Å². The van der Waals surface area contributed by atoms with Crippen LogP contribution in [0.2, 0.25) is 0 Å². The van der Waals surface area contributed by atoms with Crippen LogP contribution in [0.3, 0.4) is 0 Å². The maximum Gasteiger partial charge on any atom is 0.258 e. The Balaban J connectivity index is 1.58. The van der Waals surface area contributed by atoms with E-state index in [1.54, 1.807) is 13.2 Å². The second-order valence-corrected chi connectivity index (χ2v) is 7.51. The van der Waals surface area contributed by atoms with E-state index in [1.807, 2.05) is 42.5 Å². The fraction of sp³-hybridized carbons (Fsp3) is 0.167. The standard InChI is InChI=1S/C18H16IN3O2S/c1-24-13-9-6-12(7-10-13)8-11-16-21-22-18(25-16)20-17(23)14-4-2-3-5-15(14)19/h2-7,9-10H,8,11H2,1H3,(H,20,22,23). The van der Waals surface area contributed by atoms with E-state index >= 15 is 0 Å². The Bertz CT molecular complexity index is 865. The van der Waals surface area contributed by atoms with E-state index in [1.165, 1.54) is 16.9 Å². The lowest BCUT2D eigenvalue weighted by molar-refractivity contribution is 0.102. The minimum absolute atomic E-state index is 0.164. The number of amides is 1. The number of benzene rings is 2. The van der Waals surface area contributed by atoms with Gasteiger partial charge < -0.3 is 4.74 Å². The number of ether oxygens (including phenoxy) is 1. The number of nitrogens with zero attached hydrogens (tertiary/aromatic N) is 2. The lowest BCUT2D eigenvalue weighted by Gasteiger charge is -2.03. The van der Waals surface area contributed by atoms with E-state index in [4.69, 9.17) is 4.74 Å². The molecule has 0 radical (unpaired) electrons. The van der Waals surface area contributed by atoms with Crippen molar-refractivity contribution in [2.24, 2.45) is 0 Å². The molecule has 0 saturated heterocycles. The van der Waals surface area contributed by atoms with E-state index in [2.05, 4.69) is 38.1 Å². The van der Waals surface area contributed by atoms with Gasteiger partial charge in [0.05, 0.1) is 12.7 Å². The van der Waals surface area contributed by atoms with E-state index in [9.17, 15) is 4.79 Å². The summed E-state index contributed by atoms with van der Waals surface area (Å²) < 4.78 is 6.06. The van der Waals surface area contributed by atoms with Crippen molar-refractivity contribution < 1.29 is 9.53 Å². The molecule has 1 N–H and O–H groups in total. The number of nitrogens with one attached hydrogen (secondary N) is 1. The Hall–Kier alpha value is -2.00. The maximum absolute atomic E-state index is 12.3. The van der Waals surface area contributed by atoms with Crippen molar-refractivity contribution in [3.63, 3.8) is 0 Å². The Morgan fingerprint density at radius 3 is 2.60 bits per heavy atom. The Morgan fingerprint density at radius 2 is 1.88 bits per heavy atom. The van der Waals surface area contributed by atoms with E-state index in [-0.39, 0.29) is 5.91 Å². The molecule has 1 amide bonds. The van der Waals surface area contributed by atoms with Crippen molar-refractivity contribution in [1.82, 2.24) is 10.2 Å². The molecular weight excluding hydrogens is 449 g/mol. The smallest absolute Gasteiger partial charge is 0.258 e. The van der Waals surface area contributed by atoms with Gasteiger partial charge in [-0.05, 0) is 58.8 Å². The second-order valence-electron chi connectivity index (χ2n) is 5.28. The molecule has 0 aliphatic carbocycles. The van der Waals surface area contributed by atoms with Gasteiger partial charge in [-0.1, -0.05) is 35.6 Å². The largest absolute Gasteiger partial charge is 0.497 e. The van der Waals surface area contributed by atoms with Gasteiger partial charge in [-0.25, -0.2) is 0 Å². The summed E-state index contributed by atoms with van der Waals surface area (Å²) >= 11 is 3.55. The van der Waals surface area contributed by atoms with Crippen LogP contribution in [-0.4, -0.2) is 23.2 Å². The molecular formula is C18H16IN3O2S. The number of hydrogen-bond acceptors (Lipinski definition) is 5. The van der Waals surface area contributed by atoms with Crippen LogP contribution < -0.4 is 10.1 Å². The summed E-state index contributed by atoms with van der Waals surface area (Å²) in [6, 6.07) is 15.4. The number of aromatic nitrogens is 2. The average molecular weight is 465 g/mol. The van der Waals surface area contributed by atoms with Crippen LogP contribution in [0.25, 0.3) is 0 Å². The molecule has 7 heteroatoms. The zero-order valence-electron chi connectivity index (χ0n) is 13.5. The number of carbonyl (C=O) groups excluding carboxylic acids is 1. The second kappa shape index (κ2) is 8.39. The zero-order chi connectivity index (χ0) is 17.6. The van der Waals surface area contributed by atoms with Crippen molar-refractivity contribution in [3.8, 4) is 5.75 Å². The lowest BCUT2D eigenvalue weighted by atomic mass is 10.1. The van der Waals surface area contributed by atoms with Crippen molar-refractivity contribution >= 4 is 45.0 Å². The Morgan fingerprint density at radius 1 is 1.12 bits per heavy atom. The van der Waals surface area contributed by atoms with Gasteiger partial charge in [0, 0.05) is 9.99 Å². The molecule has 0 aliphatic rings. The molecule has 3 rings (SSSR count). The van der Waals surface area contributed by atoms with E-state index < -0.39 is 0 Å². The fourth-order valence-electron chi connectivity index (χ4n) is 2.26. The normalized spacial score (nSPS) is 10.5. The third-order valence-electron chi connectivity index (χ3n) is 3.59. The average Bonchev–Trinajstić information content (AvgIpc) is 3.08. The van der Waals surface area contributed by atoms with E-state index in [0.29, 0.717) is 10.7 Å². The summed E-state index contributed by atoms with van der Waals surface area (Å²) in [6.07, 6.45) is 1.64. The summed E-state index contributed by atoms with van der Waals surface area (Å²) in [5.41, 5.74) is 1.85. The van der Waals surface area contributed by atoms with Crippen LogP contribution in [0.1, 0.15) is 20.9 Å². The molecule has 0 unspecified atom stereocenters. The van der Waals surface area contributed by atoms with Gasteiger partial charge in [0.15, 0.2) is 0 Å². The van der Waals surface area contributed by atoms with Gasteiger partial charge >= 0.3 is 0 Å². The van der Waals surface area contributed by atoms with Gasteiger partial charge in [-0.3, -0.25) is 10.1 Å². The lowest BCUT2D eigenvalue weighted by Crippen LogP contribution is -2.13. The molecule has 2 aromatic carbocycles. The quantitative estimate of drug-likeness (QED) is 0.555. The van der Waals surface area contributed by atoms with Crippen molar-refractivity contribution in [2.45, 2.75) is 12.8 Å². The SMILES string of the molecule is COc1ccc(CCc2nnc(NC(=O)c3ccccc3I)s2)cc1. The first-order valence-electron chi connectivity index (χ1n) is 7.67. The minimum Gasteiger partial charge on any atom is -0.497 e. The predicted octanol–water partition coefficient (Wildman–Crippen LogP) is 4.19.